The van der Waals surface area contributed by atoms with Crippen LogP contribution in [-0.2, 0) is 16.2 Å². The number of hydrazine groups is 1. The van der Waals surface area contributed by atoms with E-state index in [2.05, 4.69) is 15.7 Å². The first-order valence-corrected chi connectivity index (χ1v) is 14.1. The fourth-order valence-corrected chi connectivity index (χ4v) is 5.98. The number of carbonyl (C=O) groups is 4. The van der Waals surface area contributed by atoms with Gasteiger partial charge in [0, 0.05) is 23.6 Å². The van der Waals surface area contributed by atoms with Crippen molar-refractivity contribution in [1.82, 2.24) is 10.4 Å². The predicted octanol–water partition coefficient (Wildman–Crippen LogP) is 3.29. The molecule has 6 N–H and O–H groups in total. The summed E-state index contributed by atoms with van der Waals surface area (Å²) in [6, 6.07) is 11.2. The molecule has 12 nitrogen and oxygen atoms in total. The summed E-state index contributed by atoms with van der Waals surface area (Å²) in [5.41, 5.74) is 15.4. The lowest BCUT2D eigenvalue weighted by Crippen LogP contribution is -2.49. The van der Waals surface area contributed by atoms with Crippen molar-refractivity contribution in [3.8, 4) is 5.75 Å². The Balaban J connectivity index is 1.35. The van der Waals surface area contributed by atoms with Gasteiger partial charge in [0.2, 0.25) is 0 Å². The maximum atomic E-state index is 13.6. The number of nitrogens with zero attached hydrogens (tertiary/aromatic N) is 3. The van der Waals surface area contributed by atoms with Crippen LogP contribution >= 0.6 is 0 Å². The van der Waals surface area contributed by atoms with E-state index in [0.29, 0.717) is 36.3 Å². The van der Waals surface area contributed by atoms with Crippen LogP contribution in [0.5, 0.6) is 5.75 Å². The van der Waals surface area contributed by atoms with E-state index in [1.165, 1.54) is 12.1 Å². The number of allylic oxidation sites excluding steroid dienone is 4. The summed E-state index contributed by atoms with van der Waals surface area (Å²) < 4.78 is 5.94. The number of amides is 3. The summed E-state index contributed by atoms with van der Waals surface area (Å²) in [4.78, 5) is 53.3. The Morgan fingerprint density at radius 2 is 1.70 bits per heavy atom. The van der Waals surface area contributed by atoms with Gasteiger partial charge in [0.1, 0.15) is 18.1 Å². The molecule has 0 bridgehead atoms. The first-order chi connectivity index (χ1) is 20.8. The van der Waals surface area contributed by atoms with Crippen molar-refractivity contribution in [3.05, 3.63) is 94.4 Å². The van der Waals surface area contributed by atoms with Gasteiger partial charge >= 0.3 is 0 Å². The van der Waals surface area contributed by atoms with Crippen LogP contribution in [0.2, 0.25) is 0 Å². The van der Waals surface area contributed by atoms with Gasteiger partial charge in [-0.25, -0.2) is 0 Å². The average Bonchev–Trinajstić information content (AvgIpc) is 3.43. The lowest BCUT2D eigenvalue weighted by Gasteiger charge is -2.34. The molecule has 4 atom stereocenters. The third kappa shape index (κ3) is 5.04. The molecular formula is C31H30N6O6. The van der Waals surface area contributed by atoms with Crippen LogP contribution in [0, 0.1) is 11.8 Å². The Hall–Kier alpha value is -4.94. The van der Waals surface area contributed by atoms with Gasteiger partial charge in [0.15, 0.2) is 11.5 Å². The van der Waals surface area contributed by atoms with Gasteiger partial charge in [-0.05, 0) is 43.4 Å². The highest BCUT2D eigenvalue weighted by Gasteiger charge is 2.51. The second-order valence-corrected chi connectivity index (χ2v) is 10.9. The zero-order valence-electron chi connectivity index (χ0n) is 23.1. The van der Waals surface area contributed by atoms with Crippen LogP contribution in [-0.4, -0.2) is 45.7 Å². The third-order valence-corrected chi connectivity index (χ3v) is 8.23. The van der Waals surface area contributed by atoms with E-state index in [-0.39, 0.29) is 40.6 Å². The number of nitrogens with one attached hydrogen (secondary N) is 1. The largest absolute Gasteiger partial charge is 0.509 e. The lowest BCUT2D eigenvalue weighted by atomic mass is 9.74. The molecule has 1 saturated carbocycles. The number of benzene rings is 2. The molecule has 2 aromatic carbocycles. The summed E-state index contributed by atoms with van der Waals surface area (Å²) in [7, 11) is 0. The summed E-state index contributed by atoms with van der Waals surface area (Å²) in [6.45, 7) is 0.111. The smallest absolute Gasteiger partial charge is 0.284 e. The SMILES string of the molecule is NC1CCC(N)C2C(O)=C(N=Nc3ccc(OCc4ccccc4)c4c3C(=O)N(NC(=O)C3=CC=CCC3)C4=O)C(=O)C12. The zero-order chi connectivity index (χ0) is 30.2. The van der Waals surface area contributed by atoms with E-state index >= 15 is 0 Å². The van der Waals surface area contributed by atoms with E-state index in [1.54, 1.807) is 12.2 Å². The monoisotopic (exact) mass is 582 g/mol. The Labute approximate surface area is 246 Å². The van der Waals surface area contributed by atoms with E-state index in [9.17, 15) is 24.3 Å². The molecule has 12 heteroatoms. The van der Waals surface area contributed by atoms with Crippen molar-refractivity contribution in [2.75, 3.05) is 0 Å². The molecule has 3 amide bonds. The Bertz CT molecular complexity index is 1650. The molecule has 220 valence electrons. The summed E-state index contributed by atoms with van der Waals surface area (Å²) >= 11 is 0. The van der Waals surface area contributed by atoms with Gasteiger partial charge in [0.25, 0.3) is 17.7 Å². The summed E-state index contributed by atoms with van der Waals surface area (Å²) in [5.74, 6) is -4.26. The van der Waals surface area contributed by atoms with Crippen LogP contribution in [0.3, 0.4) is 0 Å². The Morgan fingerprint density at radius 1 is 0.977 bits per heavy atom. The number of rotatable bonds is 7. The van der Waals surface area contributed by atoms with Crippen molar-refractivity contribution >= 4 is 29.2 Å². The van der Waals surface area contributed by atoms with Crippen LogP contribution in [0.15, 0.2) is 88.0 Å². The second-order valence-electron chi connectivity index (χ2n) is 10.9. The van der Waals surface area contributed by atoms with Gasteiger partial charge < -0.3 is 21.3 Å². The molecule has 0 aromatic heterocycles. The maximum absolute atomic E-state index is 13.6. The molecule has 0 radical (unpaired) electrons. The minimum absolute atomic E-state index is 0.0476. The molecule has 3 aliphatic carbocycles. The number of hydrogen-bond donors (Lipinski definition) is 4. The fraction of sp³-hybridized carbons (Fsp3) is 0.290. The number of Topliss-reactive ketones (excluding diaryl/α,β-unsaturated/α-hetero) is 1. The van der Waals surface area contributed by atoms with Crippen molar-refractivity contribution in [2.24, 2.45) is 33.5 Å². The number of fused-ring (bicyclic) bond motifs is 2. The van der Waals surface area contributed by atoms with Crippen molar-refractivity contribution in [1.29, 1.82) is 0 Å². The van der Waals surface area contributed by atoms with Gasteiger partial charge in [-0.1, -0.05) is 48.6 Å². The number of imide groups is 1. The number of hydrogen-bond acceptors (Lipinski definition) is 10. The molecule has 4 aliphatic rings. The first-order valence-electron chi connectivity index (χ1n) is 14.1. The number of azo groups is 1. The molecule has 0 spiro atoms. The second kappa shape index (κ2) is 11.4. The summed E-state index contributed by atoms with van der Waals surface area (Å²) in [6.07, 6.45) is 7.46. The number of carbonyl (C=O) groups excluding carboxylic acids is 4. The van der Waals surface area contributed by atoms with Gasteiger partial charge in [-0.15, -0.1) is 10.2 Å². The molecule has 1 heterocycles. The van der Waals surface area contributed by atoms with Crippen LogP contribution in [0.1, 0.15) is 52.0 Å². The van der Waals surface area contributed by atoms with Gasteiger partial charge in [0.05, 0.1) is 22.7 Å². The zero-order valence-corrected chi connectivity index (χ0v) is 23.1. The predicted molar refractivity (Wildman–Crippen MR) is 154 cm³/mol. The number of aliphatic hydroxyl groups excluding tert-OH is 1. The lowest BCUT2D eigenvalue weighted by molar-refractivity contribution is -0.121. The summed E-state index contributed by atoms with van der Waals surface area (Å²) in [5, 5.41) is 19.7. The average molecular weight is 583 g/mol. The topological polar surface area (TPSA) is 190 Å². The van der Waals surface area contributed by atoms with Gasteiger partial charge in [-0.3, -0.25) is 24.6 Å². The third-order valence-electron chi connectivity index (χ3n) is 8.23. The standard InChI is InChI=1S/C31H30N6O6/c32-18-11-12-19(33)23-22(18)27(38)26(28(23)39)35-34-20-13-14-21(43-15-16-7-3-1-4-8-16)25-24(20)30(41)37(31(25)42)36-29(40)17-9-5-2-6-10-17/h1-5,7-9,13-14,18-19,22-23,38H,6,10-12,15,32-33H2,(H,36,40). The normalized spacial score (nSPS) is 24.8. The maximum Gasteiger partial charge on any atom is 0.284 e. The quantitative estimate of drug-likeness (QED) is 0.282. The van der Waals surface area contributed by atoms with Crippen molar-refractivity contribution in [3.63, 3.8) is 0 Å². The molecule has 1 fully saturated rings. The van der Waals surface area contributed by atoms with Crippen molar-refractivity contribution < 1.29 is 29.0 Å². The number of ketones is 1. The van der Waals surface area contributed by atoms with E-state index in [0.717, 1.165) is 5.56 Å². The van der Waals surface area contributed by atoms with Crippen LogP contribution in [0.4, 0.5) is 5.69 Å². The number of aliphatic hydroxyl groups is 1. The fourth-order valence-electron chi connectivity index (χ4n) is 5.98. The molecule has 1 aliphatic heterocycles. The van der Waals surface area contributed by atoms with E-state index < -0.39 is 47.4 Å². The Morgan fingerprint density at radius 3 is 2.40 bits per heavy atom. The number of nitrogens with two attached hydrogens (primary N) is 2. The number of ether oxygens (including phenoxy) is 1. The van der Waals surface area contributed by atoms with Crippen LogP contribution in [0.25, 0.3) is 0 Å². The molecule has 2 aromatic rings. The first kappa shape index (κ1) is 28.2. The van der Waals surface area contributed by atoms with Crippen LogP contribution < -0.4 is 21.6 Å². The molecule has 43 heavy (non-hydrogen) atoms. The molecule has 4 unspecified atom stereocenters. The highest BCUT2D eigenvalue weighted by atomic mass is 16.5. The minimum Gasteiger partial charge on any atom is -0.509 e. The van der Waals surface area contributed by atoms with E-state index in [4.69, 9.17) is 16.2 Å². The molecular weight excluding hydrogens is 552 g/mol. The Kier molecular flexibility index (Phi) is 7.46. The van der Waals surface area contributed by atoms with E-state index in [1.807, 2.05) is 36.4 Å². The van der Waals surface area contributed by atoms with Gasteiger partial charge in [-0.2, -0.15) is 5.01 Å². The van der Waals surface area contributed by atoms with Crippen molar-refractivity contribution in [2.45, 2.75) is 44.4 Å². The minimum atomic E-state index is -0.840. The molecule has 0 saturated heterocycles. The highest BCUT2D eigenvalue weighted by molar-refractivity contribution is 6.25. The highest BCUT2D eigenvalue weighted by Crippen LogP contribution is 2.43. The molecule has 6 rings (SSSR count).